The maximum atomic E-state index is 13.1. The van der Waals surface area contributed by atoms with E-state index in [0.717, 1.165) is 0 Å². The highest BCUT2D eigenvalue weighted by Gasteiger charge is 2.30. The molecular weight excluding hydrogens is 438 g/mol. The highest BCUT2D eigenvalue weighted by molar-refractivity contribution is 7.12. The molecule has 1 aliphatic heterocycles. The van der Waals surface area contributed by atoms with Crippen molar-refractivity contribution in [2.75, 3.05) is 37.7 Å². The van der Waals surface area contributed by atoms with Crippen LogP contribution in [0.15, 0.2) is 40.5 Å². The summed E-state index contributed by atoms with van der Waals surface area (Å²) < 4.78 is 6.65. The Kier molecular flexibility index (Phi) is 6.02. The Morgan fingerprint density at radius 1 is 1.16 bits per heavy atom. The van der Waals surface area contributed by atoms with Gasteiger partial charge in [-0.1, -0.05) is 17.7 Å². The molecule has 2 aromatic heterocycles. The molecule has 1 saturated heterocycles. The number of hydrogen-bond donors (Lipinski definition) is 0. The van der Waals surface area contributed by atoms with Gasteiger partial charge >= 0.3 is 5.97 Å². The molecule has 1 amide bonds. The molecule has 0 atom stereocenters. The van der Waals surface area contributed by atoms with Gasteiger partial charge < -0.3 is 19.1 Å². The van der Waals surface area contributed by atoms with E-state index in [4.69, 9.17) is 16.3 Å². The molecule has 0 bridgehead atoms. The number of benzene rings is 1. The fourth-order valence-corrected chi connectivity index (χ4v) is 4.77. The zero-order valence-corrected chi connectivity index (χ0v) is 18.8. The summed E-state index contributed by atoms with van der Waals surface area (Å²) >= 11 is 7.68. The number of carbonyl (C=O) groups excluding carboxylic acids is 2. The minimum Gasteiger partial charge on any atom is -0.462 e. The lowest BCUT2D eigenvalue weighted by atomic mass is 10.1. The van der Waals surface area contributed by atoms with Gasteiger partial charge in [0, 0.05) is 43.6 Å². The summed E-state index contributed by atoms with van der Waals surface area (Å²) in [5.41, 5.74) is 0.773. The Morgan fingerprint density at radius 2 is 1.90 bits per heavy atom. The van der Waals surface area contributed by atoms with Crippen LogP contribution in [0.4, 0.5) is 5.69 Å². The third-order valence-electron chi connectivity index (χ3n) is 5.43. The molecule has 0 radical (unpaired) electrons. The number of aryl methyl sites for hydroxylation is 1. The Bertz CT molecular complexity index is 1200. The predicted octanol–water partition coefficient (Wildman–Crippen LogP) is 3.39. The van der Waals surface area contributed by atoms with Crippen molar-refractivity contribution in [1.82, 2.24) is 9.47 Å². The lowest BCUT2D eigenvalue weighted by Gasteiger charge is -2.37. The lowest BCUT2D eigenvalue weighted by Crippen LogP contribution is -2.49. The summed E-state index contributed by atoms with van der Waals surface area (Å²) in [6.45, 7) is 3.80. The predicted molar refractivity (Wildman–Crippen MR) is 123 cm³/mol. The molecular formula is C22H22ClN3O4S. The molecule has 0 aliphatic carbocycles. The Labute approximate surface area is 188 Å². The van der Waals surface area contributed by atoms with Crippen LogP contribution in [0.1, 0.15) is 27.0 Å². The average Bonchev–Trinajstić information content (AvgIpc) is 3.30. The molecule has 0 unspecified atom stereocenters. The lowest BCUT2D eigenvalue weighted by molar-refractivity contribution is 0.0523. The van der Waals surface area contributed by atoms with Crippen molar-refractivity contribution in [3.8, 4) is 0 Å². The standard InChI is InChI=1S/C22H22ClN3O4S/c1-3-30-22(29)18-19(15-13-14(23)6-7-16(15)24(2)21(18)28)25-8-10-26(11-9-25)20(27)17-5-4-12-31-17/h4-7,12-13H,3,8-11H2,1-2H3. The molecule has 31 heavy (non-hydrogen) atoms. The minimum atomic E-state index is -0.655. The fraction of sp³-hybridized carbons (Fsp3) is 0.318. The van der Waals surface area contributed by atoms with Crippen LogP contribution in [0.25, 0.3) is 10.9 Å². The summed E-state index contributed by atoms with van der Waals surface area (Å²) in [6.07, 6.45) is 0. The van der Waals surface area contributed by atoms with Gasteiger partial charge in [0.15, 0.2) is 0 Å². The number of hydrogen-bond acceptors (Lipinski definition) is 6. The Balaban J connectivity index is 1.76. The van der Waals surface area contributed by atoms with E-state index in [2.05, 4.69) is 0 Å². The number of rotatable bonds is 4. The number of ether oxygens (including phenoxy) is 1. The minimum absolute atomic E-state index is 0.00264. The van der Waals surface area contributed by atoms with Crippen molar-refractivity contribution in [3.05, 3.63) is 61.5 Å². The first-order chi connectivity index (χ1) is 14.9. The van der Waals surface area contributed by atoms with Crippen molar-refractivity contribution in [2.24, 2.45) is 7.05 Å². The van der Waals surface area contributed by atoms with E-state index in [1.807, 2.05) is 22.4 Å². The number of pyridine rings is 1. The summed E-state index contributed by atoms with van der Waals surface area (Å²) in [5, 5.41) is 3.09. The van der Waals surface area contributed by atoms with Gasteiger partial charge in [-0.15, -0.1) is 11.3 Å². The molecule has 1 aliphatic rings. The number of aromatic nitrogens is 1. The van der Waals surface area contributed by atoms with Crippen LogP contribution in [0.3, 0.4) is 0 Å². The number of amides is 1. The smallest absolute Gasteiger partial charge is 0.345 e. The fourth-order valence-electron chi connectivity index (χ4n) is 3.91. The van der Waals surface area contributed by atoms with Crippen LogP contribution < -0.4 is 10.5 Å². The van der Waals surface area contributed by atoms with Gasteiger partial charge in [-0.2, -0.15) is 0 Å². The summed E-state index contributed by atoms with van der Waals surface area (Å²) in [5.74, 6) is -0.658. The van der Waals surface area contributed by atoms with Crippen LogP contribution in [0.5, 0.6) is 0 Å². The van der Waals surface area contributed by atoms with Gasteiger partial charge in [-0.05, 0) is 36.6 Å². The van der Waals surface area contributed by atoms with Gasteiger partial charge in [0.25, 0.3) is 11.5 Å². The number of nitrogens with zero attached hydrogens (tertiary/aromatic N) is 3. The highest BCUT2D eigenvalue weighted by atomic mass is 35.5. The van der Waals surface area contributed by atoms with Gasteiger partial charge in [0.1, 0.15) is 5.56 Å². The van der Waals surface area contributed by atoms with Crippen LogP contribution in [-0.4, -0.2) is 54.1 Å². The zero-order valence-electron chi connectivity index (χ0n) is 17.3. The van der Waals surface area contributed by atoms with E-state index in [0.29, 0.717) is 52.7 Å². The second kappa shape index (κ2) is 8.72. The maximum absolute atomic E-state index is 13.1. The van der Waals surface area contributed by atoms with Gasteiger partial charge in [-0.25, -0.2) is 4.79 Å². The van der Waals surface area contributed by atoms with Crippen LogP contribution in [0, 0.1) is 0 Å². The maximum Gasteiger partial charge on any atom is 0.345 e. The van der Waals surface area contributed by atoms with Crippen LogP contribution in [-0.2, 0) is 11.8 Å². The average molecular weight is 460 g/mol. The number of fused-ring (bicyclic) bond motifs is 1. The molecule has 1 fully saturated rings. The molecule has 3 heterocycles. The van der Waals surface area contributed by atoms with E-state index in [9.17, 15) is 14.4 Å². The van der Waals surface area contributed by atoms with Crippen LogP contribution in [0.2, 0.25) is 5.02 Å². The second-order valence-electron chi connectivity index (χ2n) is 7.23. The molecule has 3 aromatic rings. The number of carbonyl (C=O) groups is 2. The van der Waals surface area contributed by atoms with E-state index < -0.39 is 11.5 Å². The zero-order chi connectivity index (χ0) is 22.1. The molecule has 4 rings (SSSR count). The first-order valence-electron chi connectivity index (χ1n) is 9.99. The molecule has 0 saturated carbocycles. The number of piperazine rings is 1. The summed E-state index contributed by atoms with van der Waals surface area (Å²) in [7, 11) is 1.63. The van der Waals surface area contributed by atoms with Crippen molar-refractivity contribution < 1.29 is 14.3 Å². The monoisotopic (exact) mass is 459 g/mol. The van der Waals surface area contributed by atoms with Crippen molar-refractivity contribution >= 4 is 51.4 Å². The molecule has 9 heteroatoms. The molecule has 0 N–H and O–H groups in total. The first-order valence-corrected chi connectivity index (χ1v) is 11.2. The van der Waals surface area contributed by atoms with Crippen molar-refractivity contribution in [2.45, 2.75) is 6.92 Å². The van der Waals surface area contributed by atoms with E-state index in [-0.39, 0.29) is 18.1 Å². The largest absolute Gasteiger partial charge is 0.462 e. The second-order valence-corrected chi connectivity index (χ2v) is 8.61. The number of halogens is 1. The Hall–Kier alpha value is -2.84. The van der Waals surface area contributed by atoms with Gasteiger partial charge in [0.05, 0.1) is 22.7 Å². The van der Waals surface area contributed by atoms with Gasteiger partial charge in [-0.3, -0.25) is 9.59 Å². The van der Waals surface area contributed by atoms with Crippen molar-refractivity contribution in [1.29, 1.82) is 0 Å². The SMILES string of the molecule is CCOC(=O)c1c(N2CCN(C(=O)c3cccs3)CC2)c2cc(Cl)ccc2n(C)c1=O. The highest BCUT2D eigenvalue weighted by Crippen LogP contribution is 2.32. The first kappa shape index (κ1) is 21.4. The van der Waals surface area contributed by atoms with Crippen molar-refractivity contribution in [3.63, 3.8) is 0 Å². The normalized spacial score (nSPS) is 14.2. The number of esters is 1. The summed E-state index contributed by atoms with van der Waals surface area (Å²) in [4.78, 5) is 43.1. The number of anilines is 1. The third kappa shape index (κ3) is 3.93. The third-order valence-corrected chi connectivity index (χ3v) is 6.52. The Morgan fingerprint density at radius 3 is 2.55 bits per heavy atom. The number of thiophene rings is 1. The van der Waals surface area contributed by atoms with E-state index in [1.54, 1.807) is 37.1 Å². The van der Waals surface area contributed by atoms with E-state index in [1.165, 1.54) is 15.9 Å². The molecule has 0 spiro atoms. The van der Waals surface area contributed by atoms with Crippen LogP contribution >= 0.6 is 22.9 Å². The quantitative estimate of drug-likeness (QED) is 0.559. The van der Waals surface area contributed by atoms with Gasteiger partial charge in [0.2, 0.25) is 0 Å². The summed E-state index contributed by atoms with van der Waals surface area (Å²) in [6, 6.07) is 8.92. The molecule has 1 aromatic carbocycles. The van der Waals surface area contributed by atoms with E-state index >= 15 is 0 Å². The molecule has 162 valence electrons. The molecule has 7 nitrogen and oxygen atoms in total. The topological polar surface area (TPSA) is 71.8 Å².